The molecule has 1 heterocycles. The zero-order valence-corrected chi connectivity index (χ0v) is 11.6. The Bertz CT molecular complexity index is 809. The van der Waals surface area contributed by atoms with Crippen molar-refractivity contribution in [1.29, 1.82) is 0 Å². The van der Waals surface area contributed by atoms with E-state index < -0.39 is 5.82 Å². The molecule has 0 aliphatic carbocycles. The second-order valence-corrected chi connectivity index (χ2v) is 4.96. The number of imidazole rings is 1. The molecule has 0 aliphatic heterocycles. The van der Waals surface area contributed by atoms with Gasteiger partial charge in [0.1, 0.15) is 17.5 Å². The van der Waals surface area contributed by atoms with Crippen LogP contribution >= 0.6 is 0 Å². The largest absolute Gasteiger partial charge is 0.396 e. The van der Waals surface area contributed by atoms with Crippen molar-refractivity contribution in [2.24, 2.45) is 0 Å². The Morgan fingerprint density at radius 2 is 1.95 bits per heavy atom. The van der Waals surface area contributed by atoms with Crippen LogP contribution < -0.4 is 5.73 Å². The lowest BCUT2D eigenvalue weighted by atomic mass is 10.2. The van der Waals surface area contributed by atoms with E-state index in [1.165, 1.54) is 18.2 Å². The number of aryl methyl sites for hydroxylation is 1. The number of halogens is 2. The summed E-state index contributed by atoms with van der Waals surface area (Å²) in [4.78, 5) is 4.48. The number of nitrogens with two attached hydrogens (primary N) is 1. The van der Waals surface area contributed by atoms with E-state index >= 15 is 0 Å². The van der Waals surface area contributed by atoms with Crippen molar-refractivity contribution >= 4 is 16.7 Å². The van der Waals surface area contributed by atoms with E-state index in [0.717, 1.165) is 24.0 Å². The molecule has 0 unspecified atom stereocenters. The Morgan fingerprint density at radius 3 is 2.67 bits per heavy atom. The third-order valence-electron chi connectivity index (χ3n) is 3.41. The van der Waals surface area contributed by atoms with Gasteiger partial charge in [-0.15, -0.1) is 0 Å². The second kappa shape index (κ2) is 5.16. The van der Waals surface area contributed by atoms with Gasteiger partial charge in [0.05, 0.1) is 16.7 Å². The number of nitrogen functional groups attached to an aromatic ring is 1. The maximum Gasteiger partial charge on any atom is 0.146 e. The first kappa shape index (κ1) is 13.5. The van der Waals surface area contributed by atoms with Gasteiger partial charge in [0.15, 0.2) is 0 Å². The SMILES string of the molecule is CCCn1c(-c2ccc(F)c(N)c2)nc2cc(F)ccc21. The van der Waals surface area contributed by atoms with Gasteiger partial charge in [-0.2, -0.15) is 0 Å². The number of hydrogen-bond donors (Lipinski definition) is 1. The summed E-state index contributed by atoms with van der Waals surface area (Å²) in [6, 6.07) is 9.04. The van der Waals surface area contributed by atoms with Crippen molar-refractivity contribution in [3.63, 3.8) is 0 Å². The number of aromatic nitrogens is 2. The average molecular weight is 287 g/mol. The van der Waals surface area contributed by atoms with Crippen LogP contribution in [0.1, 0.15) is 13.3 Å². The Hall–Kier alpha value is -2.43. The fourth-order valence-corrected chi connectivity index (χ4v) is 2.46. The first-order chi connectivity index (χ1) is 10.1. The molecular weight excluding hydrogens is 272 g/mol. The van der Waals surface area contributed by atoms with Crippen LogP contribution in [0, 0.1) is 11.6 Å². The Kier molecular flexibility index (Phi) is 3.33. The molecule has 0 spiro atoms. The first-order valence-electron chi connectivity index (χ1n) is 6.81. The van der Waals surface area contributed by atoms with Crippen molar-refractivity contribution in [3.8, 4) is 11.4 Å². The number of nitrogens with zero attached hydrogens (tertiary/aromatic N) is 2. The lowest BCUT2D eigenvalue weighted by molar-refractivity contribution is 0.629. The summed E-state index contributed by atoms with van der Waals surface area (Å²) in [5.74, 6) is -0.110. The van der Waals surface area contributed by atoms with Gasteiger partial charge in [0.25, 0.3) is 0 Å². The van der Waals surface area contributed by atoms with Gasteiger partial charge < -0.3 is 10.3 Å². The summed E-state index contributed by atoms with van der Waals surface area (Å²) >= 11 is 0. The molecular formula is C16H15F2N3. The Labute approximate surface area is 121 Å². The molecule has 0 radical (unpaired) electrons. The van der Waals surface area contributed by atoms with Crippen LogP contribution in [-0.4, -0.2) is 9.55 Å². The van der Waals surface area contributed by atoms with Crippen LogP contribution in [-0.2, 0) is 6.54 Å². The maximum absolute atomic E-state index is 13.4. The average Bonchev–Trinajstić information content (AvgIpc) is 2.80. The van der Waals surface area contributed by atoms with Crippen LogP contribution in [0.4, 0.5) is 14.5 Å². The molecule has 0 saturated carbocycles. The fraction of sp³-hybridized carbons (Fsp3) is 0.188. The van der Waals surface area contributed by atoms with E-state index in [4.69, 9.17) is 5.73 Å². The third-order valence-corrected chi connectivity index (χ3v) is 3.41. The van der Waals surface area contributed by atoms with Gasteiger partial charge >= 0.3 is 0 Å². The lowest BCUT2D eigenvalue weighted by Gasteiger charge is -2.08. The topological polar surface area (TPSA) is 43.8 Å². The number of anilines is 1. The molecule has 0 bridgehead atoms. The summed E-state index contributed by atoms with van der Waals surface area (Å²) in [7, 11) is 0. The minimum Gasteiger partial charge on any atom is -0.396 e. The van der Waals surface area contributed by atoms with Crippen LogP contribution in [0.15, 0.2) is 36.4 Å². The molecule has 0 aliphatic rings. The van der Waals surface area contributed by atoms with Crippen molar-refractivity contribution in [2.45, 2.75) is 19.9 Å². The monoisotopic (exact) mass is 287 g/mol. The summed E-state index contributed by atoms with van der Waals surface area (Å²) < 4.78 is 28.7. The predicted molar refractivity (Wildman–Crippen MR) is 79.8 cm³/mol. The highest BCUT2D eigenvalue weighted by Crippen LogP contribution is 2.27. The van der Waals surface area contributed by atoms with Crippen molar-refractivity contribution < 1.29 is 8.78 Å². The van der Waals surface area contributed by atoms with E-state index in [1.807, 2.05) is 4.57 Å². The van der Waals surface area contributed by atoms with Crippen LogP contribution in [0.3, 0.4) is 0 Å². The van der Waals surface area contributed by atoms with E-state index in [0.29, 0.717) is 11.3 Å². The molecule has 0 amide bonds. The Balaban J connectivity index is 2.24. The van der Waals surface area contributed by atoms with Crippen LogP contribution in [0.2, 0.25) is 0 Å². The molecule has 2 N–H and O–H groups in total. The molecule has 5 heteroatoms. The Morgan fingerprint density at radius 1 is 1.14 bits per heavy atom. The lowest BCUT2D eigenvalue weighted by Crippen LogP contribution is -2.00. The normalized spacial score (nSPS) is 11.2. The zero-order chi connectivity index (χ0) is 15.0. The quantitative estimate of drug-likeness (QED) is 0.741. The number of rotatable bonds is 3. The molecule has 3 rings (SSSR count). The molecule has 2 aromatic carbocycles. The van der Waals surface area contributed by atoms with Gasteiger partial charge in [0.2, 0.25) is 0 Å². The predicted octanol–water partition coefficient (Wildman–Crippen LogP) is 3.97. The molecule has 21 heavy (non-hydrogen) atoms. The number of benzene rings is 2. The summed E-state index contributed by atoms with van der Waals surface area (Å²) in [6.45, 7) is 2.80. The highest BCUT2D eigenvalue weighted by molar-refractivity contribution is 5.81. The summed E-state index contributed by atoms with van der Waals surface area (Å²) in [5, 5.41) is 0. The molecule has 3 aromatic rings. The van der Waals surface area contributed by atoms with Crippen molar-refractivity contribution in [1.82, 2.24) is 9.55 Å². The van der Waals surface area contributed by atoms with Crippen LogP contribution in [0.25, 0.3) is 22.4 Å². The van der Waals surface area contributed by atoms with Gasteiger partial charge in [0, 0.05) is 18.2 Å². The van der Waals surface area contributed by atoms with Gasteiger partial charge in [-0.05, 0) is 36.8 Å². The van der Waals surface area contributed by atoms with E-state index in [2.05, 4.69) is 11.9 Å². The summed E-state index contributed by atoms with van der Waals surface area (Å²) in [6.07, 6.45) is 0.909. The maximum atomic E-state index is 13.4. The highest BCUT2D eigenvalue weighted by atomic mass is 19.1. The molecule has 1 aromatic heterocycles. The van der Waals surface area contributed by atoms with Crippen molar-refractivity contribution in [3.05, 3.63) is 48.0 Å². The number of hydrogen-bond acceptors (Lipinski definition) is 2. The van der Waals surface area contributed by atoms with Gasteiger partial charge in [-0.3, -0.25) is 0 Å². The van der Waals surface area contributed by atoms with E-state index in [-0.39, 0.29) is 11.5 Å². The zero-order valence-electron chi connectivity index (χ0n) is 11.6. The smallest absolute Gasteiger partial charge is 0.146 e. The minimum atomic E-state index is -0.456. The first-order valence-corrected chi connectivity index (χ1v) is 6.81. The van der Waals surface area contributed by atoms with Gasteiger partial charge in [-0.1, -0.05) is 6.92 Å². The van der Waals surface area contributed by atoms with E-state index in [9.17, 15) is 8.78 Å². The van der Waals surface area contributed by atoms with Gasteiger partial charge in [-0.25, -0.2) is 13.8 Å². The molecule has 108 valence electrons. The summed E-state index contributed by atoms with van der Waals surface area (Å²) in [5.41, 5.74) is 7.87. The van der Waals surface area contributed by atoms with Crippen molar-refractivity contribution in [2.75, 3.05) is 5.73 Å². The van der Waals surface area contributed by atoms with Crippen LogP contribution in [0.5, 0.6) is 0 Å². The third kappa shape index (κ3) is 2.35. The second-order valence-electron chi connectivity index (χ2n) is 4.96. The molecule has 3 nitrogen and oxygen atoms in total. The van der Waals surface area contributed by atoms with E-state index in [1.54, 1.807) is 18.2 Å². The standard InChI is InChI=1S/C16H15F2N3/c1-2-7-21-15-6-4-11(17)9-14(15)20-16(21)10-3-5-12(18)13(19)8-10/h3-6,8-9H,2,7,19H2,1H3. The fourth-order valence-electron chi connectivity index (χ4n) is 2.46. The highest BCUT2D eigenvalue weighted by Gasteiger charge is 2.13. The number of fused-ring (bicyclic) bond motifs is 1. The molecule has 0 fully saturated rings. The minimum absolute atomic E-state index is 0.0776. The molecule has 0 atom stereocenters. The molecule has 0 saturated heterocycles.